The van der Waals surface area contributed by atoms with E-state index in [9.17, 15) is 14.7 Å². The molecule has 0 unspecified atom stereocenters. The summed E-state index contributed by atoms with van der Waals surface area (Å²) in [6, 6.07) is 4.40. The summed E-state index contributed by atoms with van der Waals surface area (Å²) in [7, 11) is 0. The molecule has 4 rings (SSSR count). The molecule has 0 spiro atoms. The van der Waals surface area contributed by atoms with Crippen molar-refractivity contribution >= 4 is 58.6 Å². The summed E-state index contributed by atoms with van der Waals surface area (Å²) in [6.07, 6.45) is 1.76. The number of hydrogen-bond acceptors (Lipinski definition) is 6. The largest absolute Gasteiger partial charge is 0.465 e. The molecule has 12 heteroatoms. The molecule has 2 aliphatic heterocycles. The first-order chi connectivity index (χ1) is 16.7. The molecular formula is C23H27Cl3N6O3. The number of rotatable bonds is 5. The molecule has 2 fully saturated rings. The zero-order valence-corrected chi connectivity index (χ0v) is 21.7. The van der Waals surface area contributed by atoms with Gasteiger partial charge >= 0.3 is 6.09 Å². The van der Waals surface area contributed by atoms with Crippen molar-refractivity contribution in [2.45, 2.75) is 44.8 Å². The van der Waals surface area contributed by atoms with Crippen LogP contribution in [0.2, 0.25) is 15.1 Å². The lowest BCUT2D eigenvalue weighted by molar-refractivity contribution is -0.137. The van der Waals surface area contributed by atoms with E-state index in [1.54, 1.807) is 23.2 Å². The first-order valence-electron chi connectivity index (χ1n) is 11.4. The lowest BCUT2D eigenvalue weighted by atomic mass is 10.1. The number of carbonyl (C=O) groups is 2. The fraction of sp³-hybridized carbons (Fsp3) is 0.478. The van der Waals surface area contributed by atoms with Crippen LogP contribution in [0, 0.1) is 0 Å². The van der Waals surface area contributed by atoms with Gasteiger partial charge in [0.25, 0.3) is 0 Å². The summed E-state index contributed by atoms with van der Waals surface area (Å²) in [5, 5.41) is 14.2. The van der Waals surface area contributed by atoms with Crippen molar-refractivity contribution in [3.05, 3.63) is 45.0 Å². The molecule has 3 atom stereocenters. The molecule has 188 valence electrons. The van der Waals surface area contributed by atoms with Crippen molar-refractivity contribution in [2.75, 3.05) is 36.4 Å². The van der Waals surface area contributed by atoms with E-state index >= 15 is 0 Å². The van der Waals surface area contributed by atoms with Gasteiger partial charge in [0.05, 0.1) is 12.2 Å². The molecule has 2 aliphatic rings. The van der Waals surface area contributed by atoms with Gasteiger partial charge in [-0.05, 0) is 44.4 Å². The molecule has 2 aromatic rings. The molecular weight excluding hydrogens is 515 g/mol. The highest BCUT2D eigenvalue weighted by molar-refractivity contribution is 6.35. The Morgan fingerprint density at radius 2 is 1.91 bits per heavy atom. The highest BCUT2D eigenvalue weighted by Crippen LogP contribution is 2.31. The number of aromatic nitrogens is 2. The molecule has 1 aromatic heterocycles. The van der Waals surface area contributed by atoms with Gasteiger partial charge in [-0.3, -0.25) is 9.69 Å². The van der Waals surface area contributed by atoms with Gasteiger partial charge in [-0.15, -0.1) is 0 Å². The Hall–Kier alpha value is -2.49. The van der Waals surface area contributed by atoms with Gasteiger partial charge in [-0.1, -0.05) is 40.9 Å². The summed E-state index contributed by atoms with van der Waals surface area (Å²) in [5.74, 6) is 0.841. The predicted molar refractivity (Wildman–Crippen MR) is 137 cm³/mol. The van der Waals surface area contributed by atoms with Crippen LogP contribution in [0.4, 0.5) is 16.6 Å². The van der Waals surface area contributed by atoms with Crippen LogP contribution in [0.15, 0.2) is 24.4 Å². The number of carboxylic acid groups (broad SMARTS) is 1. The van der Waals surface area contributed by atoms with Crippen LogP contribution in [0.5, 0.6) is 0 Å². The fourth-order valence-electron chi connectivity index (χ4n) is 4.66. The maximum atomic E-state index is 13.1. The highest BCUT2D eigenvalue weighted by atomic mass is 35.5. The summed E-state index contributed by atoms with van der Waals surface area (Å²) in [6.45, 7) is 5.79. The van der Waals surface area contributed by atoms with Crippen molar-refractivity contribution < 1.29 is 14.7 Å². The Morgan fingerprint density at radius 3 is 2.60 bits per heavy atom. The van der Waals surface area contributed by atoms with Gasteiger partial charge in [0.2, 0.25) is 11.9 Å². The molecule has 0 saturated carbocycles. The summed E-state index contributed by atoms with van der Waals surface area (Å²) >= 11 is 18.7. The lowest BCUT2D eigenvalue weighted by Gasteiger charge is -2.41. The Morgan fingerprint density at radius 1 is 1.14 bits per heavy atom. The average Bonchev–Trinajstić information content (AvgIpc) is 3.30. The van der Waals surface area contributed by atoms with Crippen LogP contribution in [0.3, 0.4) is 0 Å². The number of piperazine rings is 1. The second kappa shape index (κ2) is 10.6. The monoisotopic (exact) mass is 540 g/mol. The molecule has 0 aliphatic carbocycles. The Balaban J connectivity index is 1.44. The number of likely N-dealkylation sites (tertiary alicyclic amines) is 1. The van der Waals surface area contributed by atoms with Gasteiger partial charge in [0, 0.05) is 42.3 Å². The van der Waals surface area contributed by atoms with E-state index < -0.39 is 12.1 Å². The van der Waals surface area contributed by atoms with Gasteiger partial charge in [-0.2, -0.15) is 4.98 Å². The van der Waals surface area contributed by atoms with Gasteiger partial charge in [0.1, 0.15) is 11.1 Å². The topological polar surface area (TPSA) is 102 Å². The fourth-order valence-corrected chi connectivity index (χ4v) is 5.38. The zero-order chi connectivity index (χ0) is 25.3. The van der Waals surface area contributed by atoms with E-state index in [0.717, 1.165) is 5.56 Å². The van der Waals surface area contributed by atoms with E-state index in [1.165, 1.54) is 4.90 Å². The smallest absolute Gasteiger partial charge is 0.407 e. The SMILES string of the molecule is C[C@@H]1CN(c2ncc(Cl)c(N[C@H](C)c3ccc(Cl)cc3Cl)n2)CCN1C(=O)[C@H]1CCCN1C(=O)O. The van der Waals surface area contributed by atoms with E-state index in [0.29, 0.717) is 65.9 Å². The van der Waals surface area contributed by atoms with Crippen LogP contribution in [-0.2, 0) is 4.79 Å². The molecule has 2 N–H and O–H groups in total. The number of nitrogens with one attached hydrogen (secondary N) is 1. The molecule has 1 aromatic carbocycles. The number of anilines is 2. The van der Waals surface area contributed by atoms with Gasteiger partial charge < -0.3 is 20.2 Å². The van der Waals surface area contributed by atoms with Crippen LogP contribution in [0.25, 0.3) is 0 Å². The van der Waals surface area contributed by atoms with Gasteiger partial charge in [0.15, 0.2) is 5.82 Å². The minimum atomic E-state index is -1.05. The number of nitrogens with zero attached hydrogens (tertiary/aromatic N) is 5. The van der Waals surface area contributed by atoms with Gasteiger partial charge in [-0.25, -0.2) is 9.78 Å². The maximum absolute atomic E-state index is 13.1. The highest BCUT2D eigenvalue weighted by Gasteiger charge is 2.39. The third-order valence-electron chi connectivity index (χ3n) is 6.49. The van der Waals surface area contributed by atoms with E-state index in [1.807, 2.05) is 24.8 Å². The second-order valence-electron chi connectivity index (χ2n) is 8.86. The van der Waals surface area contributed by atoms with Crippen molar-refractivity contribution in [3.63, 3.8) is 0 Å². The van der Waals surface area contributed by atoms with E-state index in [2.05, 4.69) is 15.3 Å². The molecule has 3 heterocycles. The minimum Gasteiger partial charge on any atom is -0.465 e. The first-order valence-corrected chi connectivity index (χ1v) is 12.6. The normalized spacial score (nSPS) is 21.2. The standard InChI is InChI=1S/C23H27Cl3N6O3/c1-13-12-30(8-9-31(13)21(33)19-4-3-7-32(19)23(34)35)22-27-11-18(26)20(29-22)28-14(2)16-6-5-15(24)10-17(16)25/h5-6,10-11,13-14,19H,3-4,7-9,12H2,1-2H3,(H,34,35)(H,27,28,29)/t13-,14-,19-/m1/s1. The summed E-state index contributed by atoms with van der Waals surface area (Å²) in [4.78, 5) is 38.6. The maximum Gasteiger partial charge on any atom is 0.407 e. The molecule has 0 radical (unpaired) electrons. The van der Waals surface area contributed by atoms with Crippen LogP contribution in [0.1, 0.15) is 38.3 Å². The summed E-state index contributed by atoms with van der Waals surface area (Å²) < 4.78 is 0. The van der Waals surface area contributed by atoms with Crippen LogP contribution < -0.4 is 10.2 Å². The Bertz CT molecular complexity index is 1120. The predicted octanol–water partition coefficient (Wildman–Crippen LogP) is 4.79. The third kappa shape index (κ3) is 5.52. The minimum absolute atomic E-state index is 0.130. The third-order valence-corrected chi connectivity index (χ3v) is 7.33. The van der Waals surface area contributed by atoms with Crippen LogP contribution >= 0.6 is 34.8 Å². The van der Waals surface area contributed by atoms with Crippen molar-refractivity contribution in [1.82, 2.24) is 19.8 Å². The molecule has 2 saturated heterocycles. The van der Waals surface area contributed by atoms with E-state index in [4.69, 9.17) is 34.8 Å². The van der Waals surface area contributed by atoms with Crippen molar-refractivity contribution in [2.24, 2.45) is 0 Å². The number of amides is 2. The number of hydrogen-bond donors (Lipinski definition) is 2. The van der Waals surface area contributed by atoms with Crippen molar-refractivity contribution in [3.8, 4) is 0 Å². The first kappa shape index (κ1) is 25.6. The molecule has 9 nitrogen and oxygen atoms in total. The lowest BCUT2D eigenvalue weighted by Crippen LogP contribution is -2.58. The molecule has 2 amide bonds. The number of carbonyl (C=O) groups excluding carboxylic acids is 1. The van der Waals surface area contributed by atoms with E-state index in [-0.39, 0.29) is 18.0 Å². The second-order valence-corrected chi connectivity index (χ2v) is 10.1. The quantitative estimate of drug-likeness (QED) is 0.561. The Kier molecular flexibility index (Phi) is 7.78. The van der Waals surface area contributed by atoms with Crippen molar-refractivity contribution in [1.29, 1.82) is 0 Å². The van der Waals surface area contributed by atoms with Crippen LogP contribution in [-0.4, -0.2) is 75.1 Å². The molecule has 0 bridgehead atoms. The number of halogens is 3. The Labute approximate surface area is 219 Å². The molecule has 35 heavy (non-hydrogen) atoms. The zero-order valence-electron chi connectivity index (χ0n) is 19.4. The average molecular weight is 542 g/mol. The number of benzene rings is 1. The summed E-state index contributed by atoms with van der Waals surface area (Å²) in [5.41, 5.74) is 0.857.